The molecule has 4 rings (SSSR count). The van der Waals surface area contributed by atoms with Crippen molar-refractivity contribution in [2.24, 2.45) is 0 Å². The Hall–Kier alpha value is -2.86. The van der Waals surface area contributed by atoms with Crippen molar-refractivity contribution in [1.82, 2.24) is 19.9 Å². The van der Waals surface area contributed by atoms with Crippen molar-refractivity contribution >= 4 is 28.2 Å². The number of thiazole rings is 1. The van der Waals surface area contributed by atoms with Gasteiger partial charge in [-0.3, -0.25) is 0 Å². The molecular weight excluding hydrogens is 330 g/mol. The van der Waals surface area contributed by atoms with Crippen LogP contribution in [0.15, 0.2) is 54.0 Å². The van der Waals surface area contributed by atoms with E-state index in [0.29, 0.717) is 6.54 Å². The van der Waals surface area contributed by atoms with Crippen molar-refractivity contribution in [2.45, 2.75) is 13.5 Å². The molecule has 4 aromatic rings. The van der Waals surface area contributed by atoms with Crippen molar-refractivity contribution in [3.63, 3.8) is 0 Å². The lowest BCUT2D eigenvalue weighted by Crippen LogP contribution is -2.18. The molecule has 3 aromatic heterocycles. The second kappa shape index (κ2) is 6.57. The molecule has 1 aromatic carbocycles. The van der Waals surface area contributed by atoms with E-state index in [1.54, 1.807) is 17.5 Å². The lowest BCUT2D eigenvalue weighted by molar-refractivity contribution is 0.881. The number of benzene rings is 1. The van der Waals surface area contributed by atoms with Gasteiger partial charge >= 0.3 is 0 Å². The van der Waals surface area contributed by atoms with Gasteiger partial charge in [0.25, 0.3) is 0 Å². The highest BCUT2D eigenvalue weighted by Crippen LogP contribution is 2.26. The Morgan fingerprint density at radius 3 is 2.68 bits per heavy atom. The van der Waals surface area contributed by atoms with E-state index in [0.717, 1.165) is 38.9 Å². The Labute approximate surface area is 150 Å². The van der Waals surface area contributed by atoms with Crippen LogP contribution in [0.25, 0.3) is 22.3 Å². The molecule has 0 N–H and O–H groups in total. The molecule has 0 atom stereocenters. The van der Waals surface area contributed by atoms with Gasteiger partial charge in [-0.15, -0.1) is 11.3 Å². The number of hydrogen-bond acceptors (Lipinski definition) is 6. The smallest absolute Gasteiger partial charge is 0.164 e. The molecule has 5 nitrogen and oxygen atoms in total. The van der Waals surface area contributed by atoms with Gasteiger partial charge in [-0.25, -0.2) is 19.9 Å². The van der Waals surface area contributed by atoms with Crippen LogP contribution in [0.3, 0.4) is 0 Å². The van der Waals surface area contributed by atoms with E-state index in [9.17, 15) is 0 Å². The normalized spacial score (nSPS) is 11.0. The van der Waals surface area contributed by atoms with Crippen LogP contribution >= 0.6 is 11.3 Å². The van der Waals surface area contributed by atoms with Crippen LogP contribution < -0.4 is 4.90 Å². The van der Waals surface area contributed by atoms with Gasteiger partial charge < -0.3 is 4.90 Å². The third-order valence-corrected chi connectivity index (χ3v) is 4.75. The minimum absolute atomic E-state index is 0.692. The van der Waals surface area contributed by atoms with Crippen LogP contribution in [-0.4, -0.2) is 27.0 Å². The van der Waals surface area contributed by atoms with Crippen LogP contribution in [0.5, 0.6) is 0 Å². The maximum absolute atomic E-state index is 4.77. The minimum atomic E-state index is 0.692. The summed E-state index contributed by atoms with van der Waals surface area (Å²) >= 11 is 1.67. The summed E-state index contributed by atoms with van der Waals surface area (Å²) in [5.74, 6) is 1.60. The largest absolute Gasteiger partial charge is 0.352 e. The van der Waals surface area contributed by atoms with Crippen LogP contribution in [0.4, 0.5) is 5.82 Å². The van der Waals surface area contributed by atoms with Crippen LogP contribution in [0.1, 0.15) is 10.8 Å². The Balaban J connectivity index is 1.63. The van der Waals surface area contributed by atoms with Gasteiger partial charge in [0, 0.05) is 24.2 Å². The average Bonchev–Trinajstić information content (AvgIpc) is 3.10. The van der Waals surface area contributed by atoms with Crippen LogP contribution in [-0.2, 0) is 6.54 Å². The van der Waals surface area contributed by atoms with Crippen LogP contribution in [0.2, 0.25) is 0 Å². The fourth-order valence-electron chi connectivity index (χ4n) is 2.75. The SMILES string of the molecule is Cc1nc(N(C)Cc2nc(-c3ccccc3)cs2)c2cccnc2n1. The zero-order valence-electron chi connectivity index (χ0n) is 14.0. The van der Waals surface area contributed by atoms with E-state index in [1.165, 1.54) is 0 Å². The average molecular weight is 347 g/mol. The molecule has 3 heterocycles. The molecular formula is C19H17N5S. The van der Waals surface area contributed by atoms with Gasteiger partial charge in [-0.05, 0) is 19.1 Å². The summed E-state index contributed by atoms with van der Waals surface area (Å²) < 4.78 is 0. The molecule has 0 aliphatic carbocycles. The summed E-state index contributed by atoms with van der Waals surface area (Å²) in [5, 5.41) is 4.11. The van der Waals surface area contributed by atoms with E-state index in [-0.39, 0.29) is 0 Å². The Bertz CT molecular complexity index is 1010. The summed E-state index contributed by atoms with van der Waals surface area (Å²) in [6.07, 6.45) is 1.76. The van der Waals surface area contributed by atoms with Crippen molar-refractivity contribution < 1.29 is 0 Å². The predicted molar refractivity (Wildman–Crippen MR) is 102 cm³/mol. The highest BCUT2D eigenvalue weighted by atomic mass is 32.1. The van der Waals surface area contributed by atoms with E-state index >= 15 is 0 Å². The van der Waals surface area contributed by atoms with Gasteiger partial charge in [-0.1, -0.05) is 30.3 Å². The highest BCUT2D eigenvalue weighted by Gasteiger charge is 2.13. The third-order valence-electron chi connectivity index (χ3n) is 3.92. The number of aryl methyl sites for hydroxylation is 1. The first-order chi connectivity index (χ1) is 12.2. The topological polar surface area (TPSA) is 54.8 Å². The van der Waals surface area contributed by atoms with Crippen molar-refractivity contribution in [1.29, 1.82) is 0 Å². The number of hydrogen-bond donors (Lipinski definition) is 0. The second-order valence-electron chi connectivity index (χ2n) is 5.82. The van der Waals surface area contributed by atoms with Gasteiger partial charge in [0.1, 0.15) is 16.6 Å². The summed E-state index contributed by atoms with van der Waals surface area (Å²) in [6.45, 7) is 2.58. The molecule has 0 radical (unpaired) electrons. The maximum Gasteiger partial charge on any atom is 0.164 e. The minimum Gasteiger partial charge on any atom is -0.352 e. The lowest BCUT2D eigenvalue weighted by atomic mass is 10.2. The number of pyridine rings is 1. The Morgan fingerprint density at radius 1 is 1.00 bits per heavy atom. The third kappa shape index (κ3) is 3.21. The first kappa shape index (κ1) is 15.7. The molecule has 0 aliphatic rings. The maximum atomic E-state index is 4.77. The first-order valence-electron chi connectivity index (χ1n) is 8.01. The van der Waals surface area contributed by atoms with Gasteiger partial charge in [0.15, 0.2) is 5.65 Å². The van der Waals surface area contributed by atoms with Crippen molar-refractivity contribution in [3.05, 3.63) is 64.9 Å². The zero-order chi connectivity index (χ0) is 17.2. The summed E-state index contributed by atoms with van der Waals surface area (Å²) in [4.78, 5) is 20.2. The van der Waals surface area contributed by atoms with Crippen molar-refractivity contribution in [3.8, 4) is 11.3 Å². The summed E-state index contributed by atoms with van der Waals surface area (Å²) in [5.41, 5.74) is 2.88. The molecule has 0 fully saturated rings. The van der Waals surface area contributed by atoms with Gasteiger partial charge in [-0.2, -0.15) is 0 Å². The Morgan fingerprint density at radius 2 is 1.84 bits per heavy atom. The molecule has 6 heteroatoms. The van der Waals surface area contributed by atoms with Gasteiger partial charge in [0.05, 0.1) is 17.6 Å². The predicted octanol–water partition coefficient (Wildman–Crippen LogP) is 4.09. The van der Waals surface area contributed by atoms with E-state index in [4.69, 9.17) is 4.98 Å². The molecule has 0 spiro atoms. The quantitative estimate of drug-likeness (QED) is 0.556. The highest BCUT2D eigenvalue weighted by molar-refractivity contribution is 7.10. The Kier molecular flexibility index (Phi) is 4.11. The fraction of sp³-hybridized carbons (Fsp3) is 0.158. The molecule has 0 unspecified atom stereocenters. The summed E-state index contributed by atoms with van der Waals surface area (Å²) in [7, 11) is 2.03. The molecule has 0 saturated carbocycles. The standard InChI is InChI=1S/C19H17N5S/c1-13-21-18-15(9-6-10-20-18)19(22-13)24(2)11-17-23-16(12-25-17)14-7-4-3-5-8-14/h3-10,12H,11H2,1-2H3. The number of aromatic nitrogens is 4. The molecule has 0 aliphatic heterocycles. The van der Waals surface area contributed by atoms with Crippen LogP contribution in [0, 0.1) is 6.92 Å². The molecule has 0 saturated heterocycles. The monoisotopic (exact) mass is 347 g/mol. The summed E-state index contributed by atoms with van der Waals surface area (Å²) in [6, 6.07) is 14.2. The van der Waals surface area contributed by atoms with E-state index in [1.807, 2.05) is 44.3 Å². The molecule has 0 bridgehead atoms. The molecule has 0 amide bonds. The lowest BCUT2D eigenvalue weighted by Gasteiger charge is -2.18. The zero-order valence-corrected chi connectivity index (χ0v) is 14.9. The fourth-order valence-corrected chi connectivity index (χ4v) is 3.60. The number of anilines is 1. The number of nitrogens with zero attached hydrogens (tertiary/aromatic N) is 5. The van der Waals surface area contributed by atoms with Gasteiger partial charge in [0.2, 0.25) is 0 Å². The molecule has 25 heavy (non-hydrogen) atoms. The van der Waals surface area contributed by atoms with Crippen molar-refractivity contribution in [2.75, 3.05) is 11.9 Å². The number of rotatable bonds is 4. The van der Waals surface area contributed by atoms with E-state index in [2.05, 4.69) is 37.4 Å². The second-order valence-corrected chi connectivity index (χ2v) is 6.76. The molecule has 124 valence electrons. The number of fused-ring (bicyclic) bond motifs is 1. The first-order valence-corrected chi connectivity index (χ1v) is 8.89. The van der Waals surface area contributed by atoms with E-state index < -0.39 is 0 Å².